The topological polar surface area (TPSA) is 94.2 Å². The summed E-state index contributed by atoms with van der Waals surface area (Å²) in [5.41, 5.74) is 1.48. The minimum atomic E-state index is -0.669. The van der Waals surface area contributed by atoms with E-state index in [0.29, 0.717) is 27.7 Å². The van der Waals surface area contributed by atoms with E-state index in [1.165, 1.54) is 22.9 Å². The van der Waals surface area contributed by atoms with Crippen molar-refractivity contribution in [2.75, 3.05) is 5.32 Å². The van der Waals surface area contributed by atoms with Crippen molar-refractivity contribution >= 4 is 34.2 Å². The number of anilines is 1. The van der Waals surface area contributed by atoms with E-state index in [4.69, 9.17) is 16.0 Å². The molecule has 0 saturated heterocycles. The molecule has 0 bridgehead atoms. The van der Waals surface area contributed by atoms with Gasteiger partial charge in [0.2, 0.25) is 5.43 Å². The van der Waals surface area contributed by atoms with Crippen LogP contribution >= 0.6 is 11.6 Å². The molecule has 2 aromatic heterocycles. The Morgan fingerprint density at radius 3 is 2.50 bits per heavy atom. The normalized spacial score (nSPS) is 10.9. The molecule has 0 aliphatic rings. The Morgan fingerprint density at radius 2 is 1.77 bits per heavy atom. The maximum atomic E-state index is 12.8. The van der Waals surface area contributed by atoms with E-state index in [0.717, 1.165) is 10.9 Å². The molecule has 150 valence electrons. The summed E-state index contributed by atoms with van der Waals surface area (Å²) in [6.07, 6.45) is 0. The van der Waals surface area contributed by atoms with E-state index in [9.17, 15) is 14.4 Å². The summed E-state index contributed by atoms with van der Waals surface area (Å²) in [7, 11) is 0. The summed E-state index contributed by atoms with van der Waals surface area (Å²) in [5.74, 6) is -0.669. The van der Waals surface area contributed by atoms with Crippen molar-refractivity contribution in [3.05, 3.63) is 97.2 Å². The second kappa shape index (κ2) is 7.61. The molecule has 0 fully saturated rings. The summed E-state index contributed by atoms with van der Waals surface area (Å²) < 4.78 is 6.69. The Morgan fingerprint density at radius 1 is 1.03 bits per heavy atom. The molecular formula is C22H16ClN3O4. The zero-order valence-corrected chi connectivity index (χ0v) is 16.9. The highest BCUT2D eigenvalue weighted by Crippen LogP contribution is 2.21. The van der Waals surface area contributed by atoms with Crippen LogP contribution in [0.1, 0.15) is 21.7 Å². The van der Waals surface area contributed by atoms with Gasteiger partial charge in [-0.05, 0) is 55.8 Å². The zero-order chi connectivity index (χ0) is 21.4. The van der Waals surface area contributed by atoms with Crippen molar-refractivity contribution in [2.45, 2.75) is 13.8 Å². The molecule has 1 amide bonds. The van der Waals surface area contributed by atoms with Gasteiger partial charge in [0.25, 0.3) is 5.91 Å². The van der Waals surface area contributed by atoms with Gasteiger partial charge >= 0.3 is 5.63 Å². The van der Waals surface area contributed by atoms with Crippen molar-refractivity contribution < 1.29 is 9.21 Å². The molecule has 4 aromatic rings. The molecule has 0 radical (unpaired) electrons. The van der Waals surface area contributed by atoms with Crippen LogP contribution in [0.2, 0.25) is 5.02 Å². The standard InChI is InChI=1S/C22H16ClN3O4/c1-12-9-20(28)30-19-11-15(5-8-17(12)19)24-22(29)21-18(27)10-13(2)26(25-21)16-6-3-14(23)4-7-16/h3-11H,1-2H3,(H,24,29). The summed E-state index contributed by atoms with van der Waals surface area (Å²) in [6, 6.07) is 14.5. The van der Waals surface area contributed by atoms with Crippen LogP contribution in [0.25, 0.3) is 16.7 Å². The van der Waals surface area contributed by atoms with Crippen LogP contribution in [0.5, 0.6) is 0 Å². The van der Waals surface area contributed by atoms with Gasteiger partial charge in [-0.2, -0.15) is 5.10 Å². The van der Waals surface area contributed by atoms with Crippen LogP contribution in [0.15, 0.2) is 68.6 Å². The van der Waals surface area contributed by atoms with Crippen LogP contribution in [-0.4, -0.2) is 15.7 Å². The summed E-state index contributed by atoms with van der Waals surface area (Å²) in [6.45, 7) is 3.52. The third-order valence-electron chi connectivity index (χ3n) is 4.60. The lowest BCUT2D eigenvalue weighted by molar-refractivity contribution is 0.101. The molecule has 0 atom stereocenters. The van der Waals surface area contributed by atoms with Gasteiger partial charge in [-0.1, -0.05) is 11.6 Å². The molecule has 1 N–H and O–H groups in total. The van der Waals surface area contributed by atoms with E-state index in [1.54, 1.807) is 50.2 Å². The Hall–Kier alpha value is -3.71. The van der Waals surface area contributed by atoms with Crippen molar-refractivity contribution in [2.24, 2.45) is 0 Å². The van der Waals surface area contributed by atoms with E-state index in [2.05, 4.69) is 10.4 Å². The van der Waals surface area contributed by atoms with Crippen LogP contribution < -0.4 is 16.4 Å². The van der Waals surface area contributed by atoms with Gasteiger partial charge in [0.1, 0.15) is 5.58 Å². The number of nitrogens with zero attached hydrogens (tertiary/aromatic N) is 2. The maximum Gasteiger partial charge on any atom is 0.336 e. The second-order valence-electron chi connectivity index (χ2n) is 6.80. The quantitative estimate of drug-likeness (QED) is 0.507. The molecular weight excluding hydrogens is 406 g/mol. The fraction of sp³-hybridized carbons (Fsp3) is 0.0909. The predicted octanol–water partition coefficient (Wildman–Crippen LogP) is 3.86. The first-order chi connectivity index (χ1) is 14.3. The van der Waals surface area contributed by atoms with Gasteiger partial charge in [0.05, 0.1) is 5.69 Å². The van der Waals surface area contributed by atoms with Crippen LogP contribution in [-0.2, 0) is 0 Å². The Kier molecular flexibility index (Phi) is 4.97. The van der Waals surface area contributed by atoms with Crippen molar-refractivity contribution in [3.63, 3.8) is 0 Å². The maximum absolute atomic E-state index is 12.8. The van der Waals surface area contributed by atoms with Gasteiger partial charge in [-0.25, -0.2) is 9.48 Å². The first-order valence-electron chi connectivity index (χ1n) is 9.04. The smallest absolute Gasteiger partial charge is 0.336 e. The molecule has 30 heavy (non-hydrogen) atoms. The molecule has 0 saturated carbocycles. The van der Waals surface area contributed by atoms with Crippen LogP contribution in [0, 0.1) is 13.8 Å². The number of carbonyl (C=O) groups excluding carboxylic acids is 1. The number of hydrogen-bond donors (Lipinski definition) is 1. The fourth-order valence-electron chi connectivity index (χ4n) is 3.14. The minimum Gasteiger partial charge on any atom is -0.423 e. The Labute approximate surface area is 175 Å². The first-order valence-corrected chi connectivity index (χ1v) is 9.42. The number of benzene rings is 2. The number of aryl methyl sites for hydroxylation is 2. The SMILES string of the molecule is Cc1cc(=O)oc2cc(NC(=O)c3nn(-c4ccc(Cl)cc4)c(C)cc3=O)ccc12. The molecule has 4 rings (SSSR count). The molecule has 0 aliphatic carbocycles. The lowest BCUT2D eigenvalue weighted by Gasteiger charge is -2.12. The number of carbonyl (C=O) groups is 1. The molecule has 0 unspecified atom stereocenters. The fourth-order valence-corrected chi connectivity index (χ4v) is 3.27. The average molecular weight is 422 g/mol. The highest BCUT2D eigenvalue weighted by molar-refractivity contribution is 6.30. The third-order valence-corrected chi connectivity index (χ3v) is 4.85. The van der Waals surface area contributed by atoms with E-state index in [1.807, 2.05) is 0 Å². The number of aromatic nitrogens is 2. The number of rotatable bonds is 3. The van der Waals surface area contributed by atoms with Crippen molar-refractivity contribution in [1.29, 1.82) is 0 Å². The van der Waals surface area contributed by atoms with Gasteiger partial charge < -0.3 is 9.73 Å². The van der Waals surface area contributed by atoms with Crippen molar-refractivity contribution in [1.82, 2.24) is 9.78 Å². The second-order valence-corrected chi connectivity index (χ2v) is 7.24. The lowest BCUT2D eigenvalue weighted by atomic mass is 10.1. The van der Waals surface area contributed by atoms with E-state index < -0.39 is 17.0 Å². The Balaban J connectivity index is 1.70. The summed E-state index contributed by atoms with van der Waals surface area (Å²) in [5, 5.41) is 8.19. The molecule has 8 heteroatoms. The van der Waals surface area contributed by atoms with Gasteiger partial charge in [-0.3, -0.25) is 9.59 Å². The van der Waals surface area contributed by atoms with Crippen LogP contribution in [0.4, 0.5) is 5.69 Å². The van der Waals surface area contributed by atoms with Crippen LogP contribution in [0.3, 0.4) is 0 Å². The molecule has 7 nitrogen and oxygen atoms in total. The van der Waals surface area contributed by atoms with Crippen molar-refractivity contribution in [3.8, 4) is 5.69 Å². The number of halogens is 1. The predicted molar refractivity (Wildman–Crippen MR) is 115 cm³/mol. The lowest BCUT2D eigenvalue weighted by Crippen LogP contribution is -2.26. The molecule has 0 spiro atoms. The van der Waals surface area contributed by atoms with Gasteiger partial charge in [-0.15, -0.1) is 0 Å². The van der Waals surface area contributed by atoms with Gasteiger partial charge in [0.15, 0.2) is 5.69 Å². The first kappa shape index (κ1) is 19.6. The number of amides is 1. The van der Waals surface area contributed by atoms with E-state index in [-0.39, 0.29) is 5.69 Å². The summed E-state index contributed by atoms with van der Waals surface area (Å²) >= 11 is 5.93. The monoisotopic (exact) mass is 421 g/mol. The zero-order valence-electron chi connectivity index (χ0n) is 16.1. The number of fused-ring (bicyclic) bond motifs is 1. The molecule has 0 aliphatic heterocycles. The van der Waals surface area contributed by atoms with E-state index >= 15 is 0 Å². The Bertz CT molecular complexity index is 1410. The molecule has 2 aromatic carbocycles. The summed E-state index contributed by atoms with van der Waals surface area (Å²) in [4.78, 5) is 36.8. The highest BCUT2D eigenvalue weighted by atomic mass is 35.5. The van der Waals surface area contributed by atoms with Gasteiger partial charge in [0, 0.05) is 40.0 Å². The minimum absolute atomic E-state index is 0.263. The third kappa shape index (κ3) is 3.75. The largest absolute Gasteiger partial charge is 0.423 e. The number of hydrogen-bond acceptors (Lipinski definition) is 5. The highest BCUT2D eigenvalue weighted by Gasteiger charge is 2.16. The molecule has 2 heterocycles. The average Bonchev–Trinajstić information content (AvgIpc) is 2.68. The number of nitrogens with one attached hydrogen (secondary N) is 1.